The molecule has 0 bridgehead atoms. The molecule has 3 aromatic rings. The van der Waals surface area contributed by atoms with Gasteiger partial charge in [0.05, 0.1) is 17.9 Å². The molecule has 0 aliphatic heterocycles. The molecule has 1 aromatic heterocycles. The van der Waals surface area contributed by atoms with E-state index in [2.05, 4.69) is 20.6 Å². The second kappa shape index (κ2) is 8.43. The van der Waals surface area contributed by atoms with Crippen LogP contribution in [0.15, 0.2) is 48.5 Å². The van der Waals surface area contributed by atoms with Gasteiger partial charge in [-0.2, -0.15) is 4.98 Å². The number of para-hydroxylation sites is 1. The van der Waals surface area contributed by atoms with Crippen LogP contribution < -0.4 is 10.6 Å². The molecule has 8 heteroatoms. The molecule has 0 saturated heterocycles. The van der Waals surface area contributed by atoms with E-state index in [9.17, 15) is 13.6 Å². The lowest BCUT2D eigenvalue weighted by atomic mass is 10.2. The molecule has 0 spiro atoms. The Morgan fingerprint density at radius 3 is 2.57 bits per heavy atom. The van der Waals surface area contributed by atoms with Crippen LogP contribution in [0.1, 0.15) is 23.0 Å². The van der Waals surface area contributed by atoms with Crippen molar-refractivity contribution in [3.63, 3.8) is 0 Å². The van der Waals surface area contributed by atoms with Gasteiger partial charge in [0.1, 0.15) is 5.82 Å². The molecule has 0 radical (unpaired) electrons. The highest BCUT2D eigenvalue weighted by molar-refractivity contribution is 5.96. The summed E-state index contributed by atoms with van der Waals surface area (Å²) >= 11 is 0. The van der Waals surface area contributed by atoms with Crippen molar-refractivity contribution in [3.8, 4) is 0 Å². The molecule has 2 N–H and O–H groups in total. The van der Waals surface area contributed by atoms with Crippen molar-refractivity contribution in [3.05, 3.63) is 71.4 Å². The number of aromatic nitrogens is 2. The molecule has 0 aliphatic rings. The van der Waals surface area contributed by atoms with E-state index in [1.165, 1.54) is 6.07 Å². The lowest BCUT2D eigenvalue weighted by Crippen LogP contribution is -2.09. The summed E-state index contributed by atoms with van der Waals surface area (Å²) < 4.78 is 31.5. The molecule has 0 fully saturated rings. The van der Waals surface area contributed by atoms with Gasteiger partial charge in [0.15, 0.2) is 11.6 Å². The number of carbonyl (C=O) groups excluding carboxylic acids is 1. The maximum absolute atomic E-state index is 13.4. The maximum Gasteiger partial charge on any atom is 0.340 e. The van der Waals surface area contributed by atoms with Crippen molar-refractivity contribution in [1.29, 1.82) is 0 Å². The predicted molar refractivity (Wildman–Crippen MR) is 102 cm³/mol. The first-order valence-electron chi connectivity index (χ1n) is 8.57. The summed E-state index contributed by atoms with van der Waals surface area (Å²) in [6.07, 6.45) is 0. The zero-order valence-corrected chi connectivity index (χ0v) is 15.3. The van der Waals surface area contributed by atoms with Crippen LogP contribution in [0, 0.1) is 18.6 Å². The van der Waals surface area contributed by atoms with E-state index in [0.717, 1.165) is 12.1 Å². The minimum atomic E-state index is -0.973. The number of hydrogen-bond acceptors (Lipinski definition) is 6. The number of carbonyl (C=O) groups is 1. The van der Waals surface area contributed by atoms with Crippen molar-refractivity contribution >= 4 is 29.1 Å². The van der Waals surface area contributed by atoms with E-state index in [1.807, 2.05) is 0 Å². The highest BCUT2D eigenvalue weighted by Gasteiger charge is 2.13. The summed E-state index contributed by atoms with van der Waals surface area (Å²) in [5.41, 5.74) is 1.84. The monoisotopic (exact) mass is 384 g/mol. The van der Waals surface area contributed by atoms with Crippen molar-refractivity contribution < 1.29 is 18.3 Å². The lowest BCUT2D eigenvalue weighted by Gasteiger charge is -2.12. The molecule has 1 heterocycles. The second-order valence-electron chi connectivity index (χ2n) is 5.86. The molecule has 0 aliphatic carbocycles. The van der Waals surface area contributed by atoms with Gasteiger partial charge in [0.25, 0.3) is 0 Å². The van der Waals surface area contributed by atoms with Gasteiger partial charge in [-0.1, -0.05) is 12.1 Å². The number of anilines is 4. The molecule has 3 rings (SSSR count). The van der Waals surface area contributed by atoms with Gasteiger partial charge in [-0.05, 0) is 38.1 Å². The molecule has 2 aromatic carbocycles. The third-order valence-electron chi connectivity index (χ3n) is 3.72. The zero-order chi connectivity index (χ0) is 20.1. The molecule has 6 nitrogen and oxygen atoms in total. The Morgan fingerprint density at radius 2 is 1.82 bits per heavy atom. The van der Waals surface area contributed by atoms with Crippen molar-refractivity contribution in [2.75, 3.05) is 17.2 Å². The fourth-order valence-corrected chi connectivity index (χ4v) is 2.51. The zero-order valence-electron chi connectivity index (χ0n) is 15.3. The Hall–Kier alpha value is -3.55. The summed E-state index contributed by atoms with van der Waals surface area (Å²) in [5, 5.41) is 5.91. The van der Waals surface area contributed by atoms with E-state index in [0.29, 0.717) is 28.5 Å². The van der Waals surface area contributed by atoms with Gasteiger partial charge >= 0.3 is 5.97 Å². The van der Waals surface area contributed by atoms with Gasteiger partial charge in [0.2, 0.25) is 5.95 Å². The fraction of sp³-hybridized carbons (Fsp3) is 0.150. The largest absolute Gasteiger partial charge is 0.462 e. The number of aryl methyl sites for hydroxylation is 1. The fourth-order valence-electron chi connectivity index (χ4n) is 2.51. The van der Waals surface area contributed by atoms with Gasteiger partial charge < -0.3 is 15.4 Å². The van der Waals surface area contributed by atoms with Gasteiger partial charge in [-0.25, -0.2) is 18.6 Å². The molecule has 144 valence electrons. The smallest absolute Gasteiger partial charge is 0.340 e. The number of nitrogens with zero attached hydrogens (tertiary/aromatic N) is 2. The van der Waals surface area contributed by atoms with E-state index >= 15 is 0 Å². The lowest BCUT2D eigenvalue weighted by molar-refractivity contribution is 0.0527. The van der Waals surface area contributed by atoms with E-state index in [-0.39, 0.29) is 12.6 Å². The first kappa shape index (κ1) is 19.2. The second-order valence-corrected chi connectivity index (χ2v) is 5.86. The van der Waals surface area contributed by atoms with Crippen molar-refractivity contribution in [2.24, 2.45) is 0 Å². The summed E-state index contributed by atoms with van der Waals surface area (Å²) in [7, 11) is 0. The molecule has 0 unspecified atom stereocenters. The summed E-state index contributed by atoms with van der Waals surface area (Å²) in [6, 6.07) is 12.0. The Morgan fingerprint density at radius 1 is 1.04 bits per heavy atom. The summed E-state index contributed by atoms with van der Waals surface area (Å²) in [5.74, 6) is -1.74. The van der Waals surface area contributed by atoms with Crippen LogP contribution in [0.25, 0.3) is 0 Å². The normalized spacial score (nSPS) is 10.4. The number of hydrogen-bond donors (Lipinski definition) is 2. The number of rotatable bonds is 6. The molecule has 0 amide bonds. The first-order chi connectivity index (χ1) is 13.5. The molecule has 0 atom stereocenters. The van der Waals surface area contributed by atoms with Gasteiger partial charge in [-0.15, -0.1) is 0 Å². The van der Waals surface area contributed by atoms with Crippen LogP contribution >= 0.6 is 0 Å². The van der Waals surface area contributed by atoms with E-state index in [1.54, 1.807) is 44.2 Å². The Kier molecular flexibility index (Phi) is 5.78. The van der Waals surface area contributed by atoms with Crippen LogP contribution in [0.2, 0.25) is 0 Å². The summed E-state index contributed by atoms with van der Waals surface area (Å²) in [4.78, 5) is 20.7. The maximum atomic E-state index is 13.4. The average Bonchev–Trinajstić information content (AvgIpc) is 2.65. The number of esters is 1. The van der Waals surface area contributed by atoms with E-state index < -0.39 is 17.6 Å². The number of nitrogens with one attached hydrogen (secondary N) is 2. The van der Waals surface area contributed by atoms with Gasteiger partial charge in [0, 0.05) is 23.5 Å². The standard InChI is InChI=1S/C20H18F2N4O2/c1-3-28-19(27)14-6-4-5-7-17(14)25-18-10-12(2)23-20(26-18)24-13-8-9-15(21)16(22)11-13/h4-11H,3H2,1-2H3,(H2,23,24,25,26). The average molecular weight is 384 g/mol. The van der Waals surface area contributed by atoms with Crippen LogP contribution in [0.5, 0.6) is 0 Å². The number of ether oxygens (including phenoxy) is 1. The van der Waals surface area contributed by atoms with Crippen LogP contribution in [-0.2, 0) is 4.74 Å². The van der Waals surface area contributed by atoms with Gasteiger partial charge in [-0.3, -0.25) is 0 Å². The molecule has 0 saturated carbocycles. The third-order valence-corrected chi connectivity index (χ3v) is 3.72. The van der Waals surface area contributed by atoms with E-state index in [4.69, 9.17) is 4.74 Å². The third kappa shape index (κ3) is 4.59. The SMILES string of the molecule is CCOC(=O)c1ccccc1Nc1cc(C)nc(Nc2ccc(F)c(F)c2)n1. The Labute approximate surface area is 160 Å². The molecule has 28 heavy (non-hydrogen) atoms. The summed E-state index contributed by atoms with van der Waals surface area (Å²) in [6.45, 7) is 3.76. The van der Waals surface area contributed by atoms with Crippen molar-refractivity contribution in [1.82, 2.24) is 9.97 Å². The minimum absolute atomic E-state index is 0.196. The van der Waals surface area contributed by atoms with Crippen LogP contribution in [0.3, 0.4) is 0 Å². The first-order valence-corrected chi connectivity index (χ1v) is 8.57. The predicted octanol–water partition coefficient (Wildman–Crippen LogP) is 4.73. The topological polar surface area (TPSA) is 76.1 Å². The minimum Gasteiger partial charge on any atom is -0.462 e. The highest BCUT2D eigenvalue weighted by Crippen LogP contribution is 2.23. The highest BCUT2D eigenvalue weighted by atomic mass is 19.2. The Bertz CT molecular complexity index is 1010. The quantitative estimate of drug-likeness (QED) is 0.599. The Balaban J connectivity index is 1.86. The van der Waals surface area contributed by atoms with Crippen molar-refractivity contribution in [2.45, 2.75) is 13.8 Å². The molecular formula is C20H18F2N4O2. The number of halogens is 2. The number of benzene rings is 2. The molecular weight excluding hydrogens is 366 g/mol. The van der Waals surface area contributed by atoms with Crippen LogP contribution in [-0.4, -0.2) is 22.5 Å². The van der Waals surface area contributed by atoms with Crippen LogP contribution in [0.4, 0.5) is 31.9 Å².